The van der Waals surface area contributed by atoms with Gasteiger partial charge in [-0.15, -0.1) is 16.4 Å². The van der Waals surface area contributed by atoms with Gasteiger partial charge in [-0.05, 0) is 30.2 Å². The van der Waals surface area contributed by atoms with Crippen molar-refractivity contribution in [2.75, 3.05) is 0 Å². The highest BCUT2D eigenvalue weighted by Crippen LogP contribution is 2.23. The van der Waals surface area contributed by atoms with Crippen LogP contribution in [0.4, 0.5) is 0 Å². The van der Waals surface area contributed by atoms with Crippen molar-refractivity contribution in [2.45, 2.75) is 6.92 Å². The molecule has 0 radical (unpaired) electrons. The summed E-state index contributed by atoms with van der Waals surface area (Å²) in [5.74, 6) is 0. The minimum Gasteiger partial charge on any atom is -0.284 e. The first-order valence-electron chi connectivity index (χ1n) is 8.76. The van der Waals surface area contributed by atoms with Crippen LogP contribution in [0.15, 0.2) is 101 Å². The zero-order chi connectivity index (χ0) is 18.5. The molecule has 0 atom stereocenters. The lowest BCUT2D eigenvalue weighted by Gasteiger charge is -2.08. The van der Waals surface area contributed by atoms with E-state index in [-0.39, 0.29) is 0 Å². The van der Waals surface area contributed by atoms with Gasteiger partial charge in [0.25, 0.3) is 0 Å². The highest BCUT2D eigenvalue weighted by Gasteiger charge is 2.09. The summed E-state index contributed by atoms with van der Waals surface area (Å²) < 4.78 is 2.15. The van der Waals surface area contributed by atoms with Gasteiger partial charge in [-0.2, -0.15) is 5.10 Å². The van der Waals surface area contributed by atoms with Gasteiger partial charge < -0.3 is 0 Å². The van der Waals surface area contributed by atoms with Crippen molar-refractivity contribution in [1.29, 1.82) is 0 Å². The van der Waals surface area contributed by atoms with Crippen LogP contribution in [0.2, 0.25) is 0 Å². The SMILES string of the molecule is Cc1ccc(/C=N\N=c2/scc(-c3ccccc3)n2-c2ccccc2)cc1. The standard InChI is InChI=1S/C23H19N3S/c1-18-12-14-19(15-13-18)16-24-25-23-26(21-10-6-3-7-11-21)22(17-27-23)20-8-4-2-5-9-20/h2-17H,1H3/b24-16-,25-23-. The van der Waals surface area contributed by atoms with Gasteiger partial charge in [-0.1, -0.05) is 78.4 Å². The number of thiazole rings is 1. The van der Waals surface area contributed by atoms with Crippen LogP contribution in [-0.2, 0) is 0 Å². The number of para-hydroxylation sites is 1. The molecule has 0 bridgehead atoms. The normalized spacial score (nSPS) is 12.0. The summed E-state index contributed by atoms with van der Waals surface area (Å²) in [6, 6.07) is 28.9. The smallest absolute Gasteiger partial charge is 0.215 e. The Morgan fingerprint density at radius 1 is 0.815 bits per heavy atom. The topological polar surface area (TPSA) is 29.6 Å². The molecule has 0 saturated carbocycles. The van der Waals surface area contributed by atoms with Crippen LogP contribution in [0.5, 0.6) is 0 Å². The second-order valence-corrected chi connectivity index (χ2v) is 7.03. The molecule has 27 heavy (non-hydrogen) atoms. The van der Waals surface area contributed by atoms with Crippen LogP contribution in [-0.4, -0.2) is 10.8 Å². The summed E-state index contributed by atoms with van der Waals surface area (Å²) in [6.07, 6.45) is 1.79. The van der Waals surface area contributed by atoms with Gasteiger partial charge in [0.1, 0.15) is 0 Å². The molecule has 0 fully saturated rings. The fraction of sp³-hybridized carbons (Fsp3) is 0.0435. The Morgan fingerprint density at radius 2 is 1.48 bits per heavy atom. The molecule has 1 heterocycles. The van der Waals surface area contributed by atoms with E-state index in [9.17, 15) is 0 Å². The molecule has 0 spiro atoms. The predicted octanol–water partition coefficient (Wildman–Crippen LogP) is 5.45. The average Bonchev–Trinajstić information content (AvgIpc) is 3.15. The molecule has 4 aromatic rings. The second kappa shape index (κ2) is 7.98. The van der Waals surface area contributed by atoms with Gasteiger partial charge in [0.05, 0.1) is 11.9 Å². The predicted molar refractivity (Wildman–Crippen MR) is 113 cm³/mol. The third kappa shape index (κ3) is 3.96. The van der Waals surface area contributed by atoms with Crippen molar-refractivity contribution in [3.63, 3.8) is 0 Å². The summed E-state index contributed by atoms with van der Waals surface area (Å²) in [7, 11) is 0. The Balaban J connectivity index is 1.79. The Labute approximate surface area is 162 Å². The maximum atomic E-state index is 4.50. The van der Waals surface area contributed by atoms with Crippen molar-refractivity contribution in [1.82, 2.24) is 4.57 Å². The van der Waals surface area contributed by atoms with Gasteiger partial charge in [0, 0.05) is 11.1 Å². The monoisotopic (exact) mass is 369 g/mol. The lowest BCUT2D eigenvalue weighted by molar-refractivity contribution is 0.973. The molecule has 0 N–H and O–H groups in total. The first-order chi connectivity index (χ1) is 13.3. The fourth-order valence-electron chi connectivity index (χ4n) is 2.82. The lowest BCUT2D eigenvalue weighted by Crippen LogP contribution is -2.13. The average molecular weight is 369 g/mol. The minimum atomic E-state index is 0.836. The second-order valence-electron chi connectivity index (χ2n) is 6.20. The minimum absolute atomic E-state index is 0.836. The van der Waals surface area contributed by atoms with Crippen LogP contribution >= 0.6 is 11.3 Å². The Hall–Kier alpha value is -3.24. The third-order valence-electron chi connectivity index (χ3n) is 4.22. The quantitative estimate of drug-likeness (QED) is 0.338. The summed E-state index contributed by atoms with van der Waals surface area (Å²) >= 11 is 1.59. The van der Waals surface area contributed by atoms with E-state index in [4.69, 9.17) is 0 Å². The number of aromatic nitrogens is 1. The van der Waals surface area contributed by atoms with Crippen molar-refractivity contribution < 1.29 is 0 Å². The molecule has 4 heteroatoms. The Bertz CT molecular complexity index is 1110. The maximum absolute atomic E-state index is 4.50. The lowest BCUT2D eigenvalue weighted by atomic mass is 10.1. The summed E-state index contributed by atoms with van der Waals surface area (Å²) in [5.41, 5.74) is 5.60. The van der Waals surface area contributed by atoms with E-state index in [2.05, 4.69) is 75.6 Å². The van der Waals surface area contributed by atoms with Crippen LogP contribution in [0.25, 0.3) is 16.9 Å². The van der Waals surface area contributed by atoms with E-state index < -0.39 is 0 Å². The largest absolute Gasteiger partial charge is 0.284 e. The van der Waals surface area contributed by atoms with Gasteiger partial charge in [0.15, 0.2) is 0 Å². The first kappa shape index (κ1) is 17.2. The van der Waals surface area contributed by atoms with E-state index in [1.807, 2.05) is 36.4 Å². The van der Waals surface area contributed by atoms with Crippen LogP contribution in [0.1, 0.15) is 11.1 Å². The number of aryl methyl sites for hydroxylation is 1. The van der Waals surface area contributed by atoms with Crippen LogP contribution < -0.4 is 4.80 Å². The molecule has 1 aromatic heterocycles. The Morgan fingerprint density at radius 3 is 2.19 bits per heavy atom. The number of rotatable bonds is 4. The fourth-order valence-corrected chi connectivity index (χ4v) is 3.68. The Kier molecular flexibility index (Phi) is 5.08. The number of benzene rings is 3. The van der Waals surface area contributed by atoms with E-state index in [1.54, 1.807) is 17.6 Å². The van der Waals surface area contributed by atoms with Crippen LogP contribution in [0, 0.1) is 6.92 Å². The number of hydrogen-bond donors (Lipinski definition) is 0. The summed E-state index contributed by atoms with van der Waals surface area (Å²) in [4.78, 5) is 0.836. The highest BCUT2D eigenvalue weighted by atomic mass is 32.1. The summed E-state index contributed by atoms with van der Waals surface area (Å²) in [5, 5.41) is 10.9. The van der Waals surface area contributed by atoms with Crippen molar-refractivity contribution in [2.24, 2.45) is 10.2 Å². The van der Waals surface area contributed by atoms with Gasteiger partial charge >= 0.3 is 0 Å². The summed E-state index contributed by atoms with van der Waals surface area (Å²) in [6.45, 7) is 2.07. The highest BCUT2D eigenvalue weighted by molar-refractivity contribution is 7.07. The van der Waals surface area contributed by atoms with Crippen LogP contribution in [0.3, 0.4) is 0 Å². The molecule has 3 aromatic carbocycles. The van der Waals surface area contributed by atoms with E-state index in [1.165, 1.54) is 5.56 Å². The molecule has 0 aliphatic heterocycles. The molecule has 0 saturated heterocycles. The number of hydrogen-bond acceptors (Lipinski definition) is 3. The molecular formula is C23H19N3S. The molecule has 0 aliphatic rings. The third-order valence-corrected chi connectivity index (χ3v) is 5.04. The van der Waals surface area contributed by atoms with Crippen molar-refractivity contribution >= 4 is 17.6 Å². The molecule has 0 amide bonds. The molecule has 3 nitrogen and oxygen atoms in total. The maximum Gasteiger partial charge on any atom is 0.215 e. The van der Waals surface area contributed by atoms with Crippen molar-refractivity contribution in [3.8, 4) is 16.9 Å². The van der Waals surface area contributed by atoms with E-state index in [0.717, 1.165) is 27.3 Å². The zero-order valence-corrected chi connectivity index (χ0v) is 15.8. The molecule has 4 rings (SSSR count). The molecule has 0 unspecified atom stereocenters. The molecule has 0 aliphatic carbocycles. The van der Waals surface area contributed by atoms with E-state index >= 15 is 0 Å². The molecule has 132 valence electrons. The first-order valence-corrected chi connectivity index (χ1v) is 9.64. The van der Waals surface area contributed by atoms with Crippen molar-refractivity contribution in [3.05, 3.63) is 106 Å². The van der Waals surface area contributed by atoms with Gasteiger partial charge in [-0.3, -0.25) is 4.57 Å². The van der Waals surface area contributed by atoms with Gasteiger partial charge in [0.2, 0.25) is 4.80 Å². The van der Waals surface area contributed by atoms with E-state index in [0.29, 0.717) is 0 Å². The molecular weight excluding hydrogens is 350 g/mol. The zero-order valence-electron chi connectivity index (χ0n) is 15.0. The number of nitrogens with zero attached hydrogens (tertiary/aromatic N) is 3. The van der Waals surface area contributed by atoms with Gasteiger partial charge in [-0.25, -0.2) is 0 Å².